The van der Waals surface area contributed by atoms with Crippen LogP contribution in [0.3, 0.4) is 0 Å². The zero-order valence-electron chi connectivity index (χ0n) is 12.7. The standard InChI is InChI=1S/C16H21N3OS/c1-4-14-15(21-19-18-14)16(20)17-10-13(11(2)3)12-8-6-5-7-9-12/h5-9,11,13H,4,10H2,1-3H3,(H,17,20)/t13-/m0/s1. The summed E-state index contributed by atoms with van der Waals surface area (Å²) in [6, 6.07) is 10.3. The summed E-state index contributed by atoms with van der Waals surface area (Å²) in [5, 5.41) is 7.01. The third kappa shape index (κ3) is 3.88. The van der Waals surface area contributed by atoms with E-state index in [1.54, 1.807) is 0 Å². The Kier molecular flexibility index (Phi) is 5.44. The molecule has 1 heterocycles. The van der Waals surface area contributed by atoms with Crippen molar-refractivity contribution < 1.29 is 4.79 Å². The number of carbonyl (C=O) groups excluding carboxylic acids is 1. The van der Waals surface area contributed by atoms with Crippen molar-refractivity contribution in [2.24, 2.45) is 5.92 Å². The summed E-state index contributed by atoms with van der Waals surface area (Å²) in [5.41, 5.74) is 2.03. The van der Waals surface area contributed by atoms with Crippen molar-refractivity contribution in [2.45, 2.75) is 33.1 Å². The van der Waals surface area contributed by atoms with Crippen molar-refractivity contribution in [3.8, 4) is 0 Å². The first kappa shape index (κ1) is 15.6. The van der Waals surface area contributed by atoms with Gasteiger partial charge in [-0.15, -0.1) is 5.10 Å². The highest BCUT2D eigenvalue weighted by atomic mass is 32.1. The highest BCUT2D eigenvalue weighted by Gasteiger charge is 2.19. The molecule has 2 aromatic rings. The zero-order chi connectivity index (χ0) is 15.2. The van der Waals surface area contributed by atoms with Crippen molar-refractivity contribution in [3.63, 3.8) is 0 Å². The van der Waals surface area contributed by atoms with Gasteiger partial charge >= 0.3 is 0 Å². The molecule has 0 saturated carbocycles. The summed E-state index contributed by atoms with van der Waals surface area (Å²) in [6.07, 6.45) is 0.728. The number of aryl methyl sites for hydroxylation is 1. The summed E-state index contributed by atoms with van der Waals surface area (Å²) < 4.78 is 3.87. The fraction of sp³-hybridized carbons (Fsp3) is 0.438. The molecule has 112 valence electrons. The molecule has 21 heavy (non-hydrogen) atoms. The predicted molar refractivity (Wildman–Crippen MR) is 85.6 cm³/mol. The lowest BCUT2D eigenvalue weighted by atomic mass is 9.88. The van der Waals surface area contributed by atoms with Crippen LogP contribution >= 0.6 is 11.5 Å². The van der Waals surface area contributed by atoms with Gasteiger partial charge in [0, 0.05) is 12.5 Å². The molecular formula is C16H21N3OS. The number of aromatic nitrogens is 2. The van der Waals surface area contributed by atoms with E-state index in [0.29, 0.717) is 23.3 Å². The van der Waals surface area contributed by atoms with Crippen molar-refractivity contribution in [2.75, 3.05) is 6.54 Å². The molecule has 1 N–H and O–H groups in total. The first-order valence-electron chi connectivity index (χ1n) is 7.27. The van der Waals surface area contributed by atoms with E-state index < -0.39 is 0 Å². The first-order chi connectivity index (χ1) is 10.1. The molecule has 0 unspecified atom stereocenters. The van der Waals surface area contributed by atoms with Crippen LogP contribution in [0.4, 0.5) is 0 Å². The second-order valence-electron chi connectivity index (χ2n) is 5.37. The first-order valence-corrected chi connectivity index (χ1v) is 8.05. The summed E-state index contributed by atoms with van der Waals surface area (Å²) >= 11 is 1.16. The van der Waals surface area contributed by atoms with Gasteiger partial charge < -0.3 is 5.32 Å². The lowest BCUT2D eigenvalue weighted by Crippen LogP contribution is -2.30. The SMILES string of the molecule is CCc1nnsc1C(=O)NC[C@H](c1ccccc1)C(C)C. The van der Waals surface area contributed by atoms with Gasteiger partial charge in [-0.3, -0.25) is 4.79 Å². The molecule has 1 amide bonds. The van der Waals surface area contributed by atoms with Gasteiger partial charge in [-0.2, -0.15) is 0 Å². The van der Waals surface area contributed by atoms with Crippen LogP contribution in [0.15, 0.2) is 30.3 Å². The minimum absolute atomic E-state index is 0.0663. The van der Waals surface area contributed by atoms with E-state index in [1.165, 1.54) is 5.56 Å². The van der Waals surface area contributed by atoms with E-state index in [2.05, 4.69) is 40.9 Å². The topological polar surface area (TPSA) is 54.9 Å². The molecule has 0 spiro atoms. The molecule has 1 aromatic carbocycles. The van der Waals surface area contributed by atoms with Crippen LogP contribution in [-0.4, -0.2) is 22.0 Å². The van der Waals surface area contributed by atoms with Gasteiger partial charge in [-0.25, -0.2) is 0 Å². The Morgan fingerprint density at radius 1 is 1.29 bits per heavy atom. The monoisotopic (exact) mass is 303 g/mol. The van der Waals surface area contributed by atoms with Gasteiger partial charge in [0.05, 0.1) is 5.69 Å². The maximum Gasteiger partial charge on any atom is 0.264 e. The van der Waals surface area contributed by atoms with Crippen LogP contribution in [0, 0.1) is 5.92 Å². The highest BCUT2D eigenvalue weighted by Crippen LogP contribution is 2.23. The van der Waals surface area contributed by atoms with Crippen molar-refractivity contribution in [1.82, 2.24) is 14.9 Å². The number of hydrogen-bond acceptors (Lipinski definition) is 4. The van der Waals surface area contributed by atoms with Gasteiger partial charge in [0.25, 0.3) is 5.91 Å². The van der Waals surface area contributed by atoms with Crippen LogP contribution in [-0.2, 0) is 6.42 Å². The third-order valence-corrected chi connectivity index (χ3v) is 4.38. The molecule has 0 saturated heterocycles. The maximum atomic E-state index is 12.3. The Morgan fingerprint density at radius 3 is 2.62 bits per heavy atom. The van der Waals surface area contributed by atoms with Gasteiger partial charge in [0.2, 0.25) is 0 Å². The summed E-state index contributed by atoms with van der Waals surface area (Å²) in [5.74, 6) is 0.697. The molecule has 1 aromatic heterocycles. The van der Waals surface area contributed by atoms with E-state index in [4.69, 9.17) is 0 Å². The van der Waals surface area contributed by atoms with Crippen molar-refractivity contribution in [1.29, 1.82) is 0 Å². The molecule has 0 fully saturated rings. The molecule has 2 rings (SSSR count). The van der Waals surface area contributed by atoms with Crippen LogP contribution in [0.5, 0.6) is 0 Å². The molecule has 0 bridgehead atoms. The smallest absolute Gasteiger partial charge is 0.264 e. The largest absolute Gasteiger partial charge is 0.351 e. The fourth-order valence-electron chi connectivity index (χ4n) is 2.33. The minimum atomic E-state index is -0.0663. The van der Waals surface area contributed by atoms with Gasteiger partial charge in [-0.1, -0.05) is 55.6 Å². The van der Waals surface area contributed by atoms with Crippen LogP contribution in [0.25, 0.3) is 0 Å². The van der Waals surface area contributed by atoms with Gasteiger partial charge in [0.15, 0.2) is 0 Å². The molecule has 0 aliphatic heterocycles. The molecule has 0 aliphatic carbocycles. The fourth-order valence-corrected chi connectivity index (χ4v) is 3.00. The van der Waals surface area contributed by atoms with Crippen LogP contribution in [0.1, 0.15) is 47.6 Å². The number of amides is 1. The highest BCUT2D eigenvalue weighted by molar-refractivity contribution is 7.08. The van der Waals surface area contributed by atoms with E-state index in [1.807, 2.05) is 25.1 Å². The average Bonchev–Trinajstić information content (AvgIpc) is 2.96. The quantitative estimate of drug-likeness (QED) is 0.891. The number of benzene rings is 1. The summed E-state index contributed by atoms with van der Waals surface area (Å²) in [6.45, 7) is 6.96. The Balaban J connectivity index is 2.04. The number of nitrogens with one attached hydrogen (secondary N) is 1. The lowest BCUT2D eigenvalue weighted by Gasteiger charge is -2.21. The second kappa shape index (κ2) is 7.31. The van der Waals surface area contributed by atoms with E-state index in [9.17, 15) is 4.79 Å². The maximum absolute atomic E-state index is 12.3. The van der Waals surface area contributed by atoms with Gasteiger partial charge in [-0.05, 0) is 29.4 Å². The van der Waals surface area contributed by atoms with E-state index in [0.717, 1.165) is 23.6 Å². The predicted octanol–water partition coefficient (Wildman–Crippen LogP) is 3.27. The van der Waals surface area contributed by atoms with Crippen LogP contribution in [0.2, 0.25) is 0 Å². The number of rotatable bonds is 6. The van der Waals surface area contributed by atoms with E-state index in [-0.39, 0.29) is 5.91 Å². The number of carbonyl (C=O) groups is 1. The minimum Gasteiger partial charge on any atom is -0.351 e. The number of nitrogens with zero attached hydrogens (tertiary/aromatic N) is 2. The molecule has 1 atom stereocenters. The average molecular weight is 303 g/mol. The van der Waals surface area contributed by atoms with Crippen molar-refractivity contribution >= 4 is 17.4 Å². The third-order valence-electron chi connectivity index (χ3n) is 3.61. The van der Waals surface area contributed by atoms with Crippen molar-refractivity contribution in [3.05, 3.63) is 46.5 Å². The molecule has 0 aliphatic rings. The molecular weight excluding hydrogens is 282 g/mol. The Labute approximate surface area is 129 Å². The Bertz CT molecular complexity index is 580. The molecule has 0 radical (unpaired) electrons. The normalized spacial score (nSPS) is 12.4. The zero-order valence-corrected chi connectivity index (χ0v) is 13.5. The van der Waals surface area contributed by atoms with E-state index >= 15 is 0 Å². The summed E-state index contributed by atoms with van der Waals surface area (Å²) in [4.78, 5) is 12.9. The molecule has 4 nitrogen and oxygen atoms in total. The Hall–Kier alpha value is -1.75. The van der Waals surface area contributed by atoms with Crippen LogP contribution < -0.4 is 5.32 Å². The molecule has 5 heteroatoms. The van der Waals surface area contributed by atoms with Gasteiger partial charge in [0.1, 0.15) is 4.88 Å². The second-order valence-corrected chi connectivity index (χ2v) is 6.13. The lowest BCUT2D eigenvalue weighted by molar-refractivity contribution is 0.0952. The summed E-state index contributed by atoms with van der Waals surface area (Å²) in [7, 11) is 0. The Morgan fingerprint density at radius 2 is 2.00 bits per heavy atom. The number of hydrogen-bond donors (Lipinski definition) is 1.